The molecule has 2 heteroatoms. The van der Waals surface area contributed by atoms with Crippen molar-refractivity contribution >= 4 is 69.2 Å². The first-order valence-corrected chi connectivity index (χ1v) is 24.5. The Morgan fingerprint density at radius 3 is 1.13 bits per heavy atom. The number of anilines is 6. The molecule has 336 valence electrons. The maximum atomic E-state index is 2.42. The van der Waals surface area contributed by atoms with E-state index in [-0.39, 0.29) is 10.8 Å². The van der Waals surface area contributed by atoms with Crippen LogP contribution in [0.5, 0.6) is 0 Å². The fourth-order valence-electron chi connectivity index (χ4n) is 11.1. The molecule has 0 spiro atoms. The van der Waals surface area contributed by atoms with Gasteiger partial charge in [-0.1, -0.05) is 216 Å². The molecular formula is C68H54N2. The van der Waals surface area contributed by atoms with Crippen LogP contribution in [0.2, 0.25) is 0 Å². The monoisotopic (exact) mass is 898 g/mol. The van der Waals surface area contributed by atoms with E-state index >= 15 is 0 Å². The highest BCUT2D eigenvalue weighted by molar-refractivity contribution is 5.99. The zero-order chi connectivity index (χ0) is 47.4. The van der Waals surface area contributed by atoms with Crippen LogP contribution in [0.3, 0.4) is 0 Å². The van der Waals surface area contributed by atoms with Crippen LogP contribution in [0.1, 0.15) is 72.2 Å². The fraction of sp³-hybridized carbons (Fsp3) is 0.0882. The Hall–Kier alpha value is -8.46. The molecule has 0 radical (unpaired) electrons. The molecule has 0 unspecified atom stereocenters. The zero-order valence-electron chi connectivity index (χ0n) is 40.1. The fourth-order valence-corrected chi connectivity index (χ4v) is 11.1. The number of para-hydroxylation sites is 3. The third kappa shape index (κ3) is 7.54. The van der Waals surface area contributed by atoms with Crippen LogP contribution < -0.4 is 9.80 Å². The number of nitrogens with zero attached hydrogens (tertiary/aromatic N) is 2. The third-order valence-electron chi connectivity index (χ3n) is 14.8. The van der Waals surface area contributed by atoms with E-state index in [9.17, 15) is 0 Å². The Bertz CT molecular complexity index is 3590. The van der Waals surface area contributed by atoms with E-state index in [1.54, 1.807) is 0 Å². The van der Waals surface area contributed by atoms with Crippen LogP contribution in [0.15, 0.2) is 231 Å². The Labute approximate surface area is 412 Å². The number of rotatable bonds is 10. The molecule has 0 atom stereocenters. The van der Waals surface area contributed by atoms with E-state index in [0.717, 1.165) is 28.4 Å². The molecule has 0 bridgehead atoms. The van der Waals surface area contributed by atoms with Crippen molar-refractivity contribution in [3.8, 4) is 22.3 Å². The SMILES string of the molecule is CC1(C)c2cc(/C=C/c3ccc(/C=C/c4ccc5c(c4)C(C)(C)c4cc(N(c6ccccc6)c6cccc7ccccc67)ccc4-5)cc3)ccc2-c2ccc(N(c3ccccc3)c3ccccc3)cc21. The Kier molecular flexibility index (Phi) is 10.6. The Balaban J connectivity index is 0.761. The average Bonchev–Trinajstić information content (AvgIpc) is 3.76. The minimum atomic E-state index is -0.172. The molecule has 0 amide bonds. The summed E-state index contributed by atoms with van der Waals surface area (Å²) in [5, 5.41) is 2.46. The Morgan fingerprint density at radius 2 is 0.643 bits per heavy atom. The molecule has 0 fully saturated rings. The van der Waals surface area contributed by atoms with Gasteiger partial charge < -0.3 is 9.80 Å². The smallest absolute Gasteiger partial charge is 0.0540 e. The molecule has 0 saturated heterocycles. The lowest BCUT2D eigenvalue weighted by Crippen LogP contribution is -2.16. The van der Waals surface area contributed by atoms with Crippen molar-refractivity contribution in [1.29, 1.82) is 0 Å². The van der Waals surface area contributed by atoms with Crippen LogP contribution in [-0.2, 0) is 10.8 Å². The van der Waals surface area contributed by atoms with Crippen molar-refractivity contribution in [2.75, 3.05) is 9.80 Å². The van der Waals surface area contributed by atoms with Gasteiger partial charge in [0.2, 0.25) is 0 Å². The third-order valence-corrected chi connectivity index (χ3v) is 14.8. The van der Waals surface area contributed by atoms with Crippen molar-refractivity contribution in [1.82, 2.24) is 0 Å². The number of hydrogen-bond acceptors (Lipinski definition) is 2. The van der Waals surface area contributed by atoms with E-state index in [0.29, 0.717) is 0 Å². The van der Waals surface area contributed by atoms with E-state index in [1.807, 2.05) is 0 Å². The normalized spacial score (nSPS) is 13.8. The van der Waals surface area contributed by atoms with Gasteiger partial charge in [0, 0.05) is 44.7 Å². The summed E-state index contributed by atoms with van der Waals surface area (Å²) < 4.78 is 0. The summed E-state index contributed by atoms with van der Waals surface area (Å²) in [6.45, 7) is 9.47. The van der Waals surface area contributed by atoms with Gasteiger partial charge in [0.1, 0.15) is 0 Å². The number of fused-ring (bicyclic) bond motifs is 7. The van der Waals surface area contributed by atoms with Gasteiger partial charge in [-0.05, 0) is 139 Å². The average molecular weight is 899 g/mol. The highest BCUT2D eigenvalue weighted by atomic mass is 15.1. The first kappa shape index (κ1) is 42.9. The molecule has 0 aromatic heterocycles. The second kappa shape index (κ2) is 17.3. The summed E-state index contributed by atoms with van der Waals surface area (Å²) in [7, 11) is 0. The summed E-state index contributed by atoms with van der Waals surface area (Å²) in [6, 6.07) is 84.1. The summed E-state index contributed by atoms with van der Waals surface area (Å²) in [5.74, 6) is 0. The molecule has 2 nitrogen and oxygen atoms in total. The molecule has 2 aliphatic rings. The molecule has 70 heavy (non-hydrogen) atoms. The second-order valence-corrected chi connectivity index (χ2v) is 19.8. The van der Waals surface area contributed by atoms with Gasteiger partial charge in [-0.15, -0.1) is 0 Å². The highest BCUT2D eigenvalue weighted by Crippen LogP contribution is 2.53. The van der Waals surface area contributed by atoms with Crippen LogP contribution in [-0.4, -0.2) is 0 Å². The minimum Gasteiger partial charge on any atom is -0.310 e. The van der Waals surface area contributed by atoms with Crippen LogP contribution in [0.4, 0.5) is 34.1 Å². The lowest BCUT2D eigenvalue weighted by Gasteiger charge is -2.29. The van der Waals surface area contributed by atoms with Gasteiger partial charge in [-0.25, -0.2) is 0 Å². The molecule has 0 saturated carbocycles. The molecule has 12 rings (SSSR count). The van der Waals surface area contributed by atoms with Crippen molar-refractivity contribution in [3.63, 3.8) is 0 Å². The van der Waals surface area contributed by atoms with Gasteiger partial charge in [-0.3, -0.25) is 0 Å². The van der Waals surface area contributed by atoms with Crippen LogP contribution in [0.25, 0.3) is 57.3 Å². The van der Waals surface area contributed by atoms with Gasteiger partial charge >= 0.3 is 0 Å². The molecule has 0 aliphatic heterocycles. The van der Waals surface area contributed by atoms with E-state index in [1.165, 1.54) is 83.2 Å². The largest absolute Gasteiger partial charge is 0.310 e. The summed E-state index contributed by atoms with van der Waals surface area (Å²) in [5.41, 5.74) is 22.1. The maximum Gasteiger partial charge on any atom is 0.0540 e. The maximum absolute atomic E-state index is 2.42. The first-order chi connectivity index (χ1) is 34.2. The van der Waals surface area contributed by atoms with Crippen molar-refractivity contribution in [2.24, 2.45) is 0 Å². The molecule has 10 aromatic carbocycles. The number of benzene rings is 10. The zero-order valence-corrected chi connectivity index (χ0v) is 40.1. The van der Waals surface area contributed by atoms with E-state index in [2.05, 4.69) is 292 Å². The number of hydrogen-bond donors (Lipinski definition) is 0. The van der Waals surface area contributed by atoms with Gasteiger partial charge in [0.25, 0.3) is 0 Å². The quantitative estimate of drug-likeness (QED) is 0.126. The molecule has 0 heterocycles. The lowest BCUT2D eigenvalue weighted by atomic mass is 9.81. The topological polar surface area (TPSA) is 6.48 Å². The van der Waals surface area contributed by atoms with Gasteiger partial charge in [0.15, 0.2) is 0 Å². The second-order valence-electron chi connectivity index (χ2n) is 19.8. The predicted molar refractivity (Wildman–Crippen MR) is 299 cm³/mol. The van der Waals surface area contributed by atoms with E-state index < -0.39 is 0 Å². The summed E-state index contributed by atoms with van der Waals surface area (Å²) in [4.78, 5) is 4.76. The molecule has 0 N–H and O–H groups in total. The predicted octanol–water partition coefficient (Wildman–Crippen LogP) is 18.7. The first-order valence-electron chi connectivity index (χ1n) is 24.5. The van der Waals surface area contributed by atoms with Gasteiger partial charge in [0.05, 0.1) is 5.69 Å². The lowest BCUT2D eigenvalue weighted by molar-refractivity contribution is 0.660. The summed E-state index contributed by atoms with van der Waals surface area (Å²) >= 11 is 0. The minimum absolute atomic E-state index is 0.150. The van der Waals surface area contributed by atoms with Crippen molar-refractivity contribution in [3.05, 3.63) is 275 Å². The highest BCUT2D eigenvalue weighted by Gasteiger charge is 2.37. The van der Waals surface area contributed by atoms with Crippen LogP contribution in [0, 0.1) is 0 Å². The van der Waals surface area contributed by atoms with Crippen LogP contribution >= 0.6 is 0 Å². The summed E-state index contributed by atoms with van der Waals surface area (Å²) in [6.07, 6.45) is 8.96. The van der Waals surface area contributed by atoms with Crippen molar-refractivity contribution in [2.45, 2.75) is 38.5 Å². The van der Waals surface area contributed by atoms with Crippen molar-refractivity contribution < 1.29 is 0 Å². The Morgan fingerprint density at radius 1 is 0.286 bits per heavy atom. The molecule has 2 aliphatic carbocycles. The standard InChI is InChI=1S/C68H54N2/c1-67(2)62-43-49(35-39-58(62)60-41-37-55(45-64(60)67)69(52-19-8-5-9-20-52)53-21-10-6-11-22-53)33-31-47-27-29-48(30-28-47)32-34-50-36-40-59-61-42-38-56(46-65(61)68(3,4)63(59)44-50)70(54-23-12-7-13-24-54)66-26-16-18-51-17-14-15-25-57(51)66/h5-46H,1-4H3/b33-31+,34-32+. The molecular weight excluding hydrogens is 845 g/mol. The van der Waals surface area contributed by atoms with E-state index in [4.69, 9.17) is 0 Å². The van der Waals surface area contributed by atoms with Gasteiger partial charge in [-0.2, -0.15) is 0 Å². The molecule has 10 aromatic rings.